The molecule has 1 aliphatic rings. The lowest BCUT2D eigenvalue weighted by atomic mass is 9.97. The van der Waals surface area contributed by atoms with Crippen molar-refractivity contribution in [2.75, 3.05) is 11.6 Å². The molecule has 5 rings (SSSR count). The topological polar surface area (TPSA) is 64.1 Å². The fraction of sp³-hybridized carbons (Fsp3) is 0.136. The first kappa shape index (κ1) is 19.3. The van der Waals surface area contributed by atoms with E-state index in [9.17, 15) is 4.79 Å². The van der Waals surface area contributed by atoms with Gasteiger partial charge in [-0.05, 0) is 31.2 Å². The van der Waals surface area contributed by atoms with Crippen molar-refractivity contribution in [3.05, 3.63) is 65.3 Å². The van der Waals surface area contributed by atoms with E-state index in [4.69, 9.17) is 9.72 Å². The number of fused-ring (bicyclic) bond motifs is 3. The van der Waals surface area contributed by atoms with Gasteiger partial charge in [0.2, 0.25) is 0 Å². The first-order chi connectivity index (χ1) is 14.7. The maximum absolute atomic E-state index is 12.4. The van der Waals surface area contributed by atoms with Gasteiger partial charge in [-0.1, -0.05) is 41.7 Å². The Labute approximate surface area is 186 Å². The monoisotopic (exact) mass is 451 g/mol. The average Bonchev–Trinajstić information content (AvgIpc) is 3.36. The van der Waals surface area contributed by atoms with E-state index in [-0.39, 0.29) is 0 Å². The zero-order valence-corrected chi connectivity index (χ0v) is 18.5. The Hall–Kier alpha value is -2.68. The number of nitrogens with zero attached hydrogens (tertiary/aromatic N) is 2. The van der Waals surface area contributed by atoms with E-state index in [2.05, 4.69) is 22.4 Å². The molecule has 5 nitrogen and oxygen atoms in total. The molecule has 0 radical (unpaired) electrons. The van der Waals surface area contributed by atoms with Crippen LogP contribution in [0.4, 0.5) is 10.5 Å². The van der Waals surface area contributed by atoms with Crippen LogP contribution in [0.1, 0.15) is 10.4 Å². The van der Waals surface area contributed by atoms with Crippen LogP contribution < -0.4 is 10.1 Å². The summed E-state index contributed by atoms with van der Waals surface area (Å²) < 4.78 is 6.83. The van der Waals surface area contributed by atoms with Crippen molar-refractivity contribution in [2.45, 2.75) is 17.1 Å². The van der Waals surface area contributed by atoms with Gasteiger partial charge in [0.15, 0.2) is 5.06 Å². The molecule has 0 spiro atoms. The summed E-state index contributed by atoms with van der Waals surface area (Å²) in [6.07, 6.45) is 6.53. The molecule has 1 aromatic carbocycles. The zero-order chi connectivity index (χ0) is 20.5. The summed E-state index contributed by atoms with van der Waals surface area (Å²) in [5.41, 5.74) is 4.96. The van der Waals surface area contributed by atoms with Crippen LogP contribution in [0.2, 0.25) is 0 Å². The number of pyridine rings is 1. The normalized spacial score (nSPS) is 12.2. The molecule has 3 heterocycles. The molecule has 1 aliphatic carbocycles. The molecule has 1 amide bonds. The molecule has 1 N–H and O–H groups in total. The summed E-state index contributed by atoms with van der Waals surface area (Å²) >= 11 is 4.93. The van der Waals surface area contributed by atoms with E-state index in [0.29, 0.717) is 10.8 Å². The molecule has 0 saturated heterocycles. The average molecular weight is 452 g/mol. The quantitative estimate of drug-likeness (QED) is 0.366. The number of rotatable bonds is 4. The van der Waals surface area contributed by atoms with Gasteiger partial charge in [0.25, 0.3) is 0 Å². The standard InChI is InChI=1S/C22H17N3O2S3/c1-28-21-17-15(20(30-21)27-22(26)24-14-8-5-11-23-12-14)9-10-16-18(17)25-19(29-16)13-6-3-2-4-7-13/h2-8,11-12H,9-10H2,1H3,(H,24,26). The Kier molecular flexibility index (Phi) is 5.28. The molecule has 8 heteroatoms. The SMILES string of the molecule is CSc1sc(OC(=O)Nc2cccnc2)c2c1-c1nc(-c3ccccc3)sc1CC2. The number of hydrogen-bond acceptors (Lipinski definition) is 7. The minimum atomic E-state index is -0.506. The molecule has 0 fully saturated rings. The third-order valence-electron chi connectivity index (χ3n) is 4.77. The fourth-order valence-corrected chi connectivity index (χ4v) is 6.43. The van der Waals surface area contributed by atoms with Gasteiger partial charge in [0, 0.05) is 27.8 Å². The van der Waals surface area contributed by atoms with Gasteiger partial charge in [-0.25, -0.2) is 9.78 Å². The van der Waals surface area contributed by atoms with Gasteiger partial charge in [-0.3, -0.25) is 10.3 Å². The van der Waals surface area contributed by atoms with E-state index >= 15 is 0 Å². The number of thiazole rings is 1. The number of amides is 1. The predicted molar refractivity (Wildman–Crippen MR) is 124 cm³/mol. The number of ether oxygens (including phenoxy) is 1. The molecule has 3 aromatic heterocycles. The molecular weight excluding hydrogens is 434 g/mol. The molecule has 150 valence electrons. The van der Waals surface area contributed by atoms with E-state index in [0.717, 1.165) is 44.4 Å². The van der Waals surface area contributed by atoms with E-state index in [1.54, 1.807) is 47.6 Å². The second-order valence-corrected chi connectivity index (χ2v) is 9.79. The second kappa shape index (κ2) is 8.22. The first-order valence-corrected chi connectivity index (χ1v) is 12.2. The third-order valence-corrected chi connectivity index (χ3v) is 8.17. The Balaban J connectivity index is 1.47. The lowest BCUT2D eigenvalue weighted by Gasteiger charge is -2.13. The Bertz CT molecular complexity index is 1200. The number of carbonyl (C=O) groups is 1. The van der Waals surface area contributed by atoms with Gasteiger partial charge in [0.1, 0.15) is 5.01 Å². The first-order valence-electron chi connectivity index (χ1n) is 9.37. The molecule has 0 saturated carbocycles. The third kappa shape index (κ3) is 3.62. The van der Waals surface area contributed by atoms with Crippen molar-refractivity contribution in [3.63, 3.8) is 0 Å². The van der Waals surface area contributed by atoms with E-state index in [1.807, 2.05) is 24.5 Å². The van der Waals surface area contributed by atoms with Crippen molar-refractivity contribution in [2.24, 2.45) is 0 Å². The number of benzene rings is 1. The highest BCUT2D eigenvalue weighted by Gasteiger charge is 2.30. The number of anilines is 1. The summed E-state index contributed by atoms with van der Waals surface area (Å²) in [4.78, 5) is 22.7. The van der Waals surface area contributed by atoms with Crippen molar-refractivity contribution in [1.29, 1.82) is 0 Å². The number of carbonyl (C=O) groups excluding carboxylic acids is 1. The number of nitrogens with one attached hydrogen (secondary N) is 1. The maximum atomic E-state index is 12.4. The van der Waals surface area contributed by atoms with Crippen LogP contribution in [0.5, 0.6) is 5.06 Å². The Morgan fingerprint density at radius 2 is 2.00 bits per heavy atom. The zero-order valence-electron chi connectivity index (χ0n) is 16.0. The minimum absolute atomic E-state index is 0.506. The van der Waals surface area contributed by atoms with Crippen LogP contribution in [0.3, 0.4) is 0 Å². The van der Waals surface area contributed by atoms with Gasteiger partial charge in [0.05, 0.1) is 21.8 Å². The van der Waals surface area contributed by atoms with E-state index < -0.39 is 6.09 Å². The molecule has 0 bridgehead atoms. The summed E-state index contributed by atoms with van der Waals surface area (Å²) in [6.45, 7) is 0. The number of thiophene rings is 1. The number of hydrogen-bond donors (Lipinski definition) is 1. The summed E-state index contributed by atoms with van der Waals surface area (Å²) in [5.74, 6) is 0. The number of aryl methyl sites for hydroxylation is 1. The Morgan fingerprint density at radius 3 is 2.77 bits per heavy atom. The van der Waals surface area contributed by atoms with Crippen molar-refractivity contribution in [3.8, 4) is 26.9 Å². The van der Waals surface area contributed by atoms with Crippen LogP contribution in [0, 0.1) is 0 Å². The highest BCUT2D eigenvalue weighted by molar-refractivity contribution is 8.00. The van der Waals surface area contributed by atoms with Crippen LogP contribution in [-0.4, -0.2) is 22.3 Å². The fourth-order valence-electron chi connectivity index (χ4n) is 3.44. The smallest absolute Gasteiger partial charge is 0.399 e. The maximum Gasteiger partial charge on any atom is 0.417 e. The van der Waals surface area contributed by atoms with E-state index in [1.165, 1.54) is 16.2 Å². The molecule has 0 aliphatic heterocycles. The lowest BCUT2D eigenvalue weighted by molar-refractivity contribution is 0.216. The molecular formula is C22H17N3O2S3. The van der Waals surface area contributed by atoms with Gasteiger partial charge in [-0.15, -0.1) is 23.1 Å². The lowest BCUT2D eigenvalue weighted by Crippen LogP contribution is -2.17. The Morgan fingerprint density at radius 1 is 1.13 bits per heavy atom. The molecule has 4 aromatic rings. The second-order valence-electron chi connectivity index (χ2n) is 6.65. The van der Waals surface area contributed by atoms with Crippen molar-refractivity contribution < 1.29 is 9.53 Å². The highest BCUT2D eigenvalue weighted by Crippen LogP contribution is 2.51. The summed E-state index contributed by atoms with van der Waals surface area (Å²) in [5, 5.41) is 4.41. The van der Waals surface area contributed by atoms with Crippen LogP contribution >= 0.6 is 34.4 Å². The van der Waals surface area contributed by atoms with Crippen LogP contribution in [-0.2, 0) is 12.8 Å². The highest BCUT2D eigenvalue weighted by atomic mass is 32.2. The number of thioether (sulfide) groups is 1. The molecule has 0 unspecified atom stereocenters. The minimum Gasteiger partial charge on any atom is -0.399 e. The van der Waals surface area contributed by atoms with Crippen LogP contribution in [0.15, 0.2) is 59.1 Å². The number of aromatic nitrogens is 2. The van der Waals surface area contributed by atoms with Crippen molar-refractivity contribution >= 4 is 46.2 Å². The van der Waals surface area contributed by atoms with Crippen molar-refractivity contribution in [1.82, 2.24) is 9.97 Å². The summed E-state index contributed by atoms with van der Waals surface area (Å²) in [7, 11) is 0. The van der Waals surface area contributed by atoms with Gasteiger partial charge < -0.3 is 4.74 Å². The summed E-state index contributed by atoms with van der Waals surface area (Å²) in [6, 6.07) is 13.8. The van der Waals surface area contributed by atoms with Crippen LogP contribution in [0.25, 0.3) is 21.8 Å². The van der Waals surface area contributed by atoms with Gasteiger partial charge in [-0.2, -0.15) is 0 Å². The largest absolute Gasteiger partial charge is 0.417 e. The molecule has 0 atom stereocenters. The predicted octanol–water partition coefficient (Wildman–Crippen LogP) is 6.37. The van der Waals surface area contributed by atoms with Gasteiger partial charge >= 0.3 is 6.09 Å². The molecule has 30 heavy (non-hydrogen) atoms.